The highest BCUT2D eigenvalue weighted by atomic mass is 16.5. The Morgan fingerprint density at radius 2 is 2.26 bits per heavy atom. The van der Waals surface area contributed by atoms with E-state index in [1.807, 2.05) is 25.1 Å². The van der Waals surface area contributed by atoms with E-state index < -0.39 is 0 Å². The normalized spacial score (nSPS) is 18.4. The maximum atomic E-state index is 11.9. The predicted octanol–water partition coefficient (Wildman–Crippen LogP) is 2.29. The molecule has 0 bridgehead atoms. The Kier molecular flexibility index (Phi) is 4.43. The van der Waals surface area contributed by atoms with E-state index in [9.17, 15) is 4.79 Å². The molecule has 4 nitrogen and oxygen atoms in total. The molecule has 1 aliphatic rings. The van der Waals surface area contributed by atoms with Crippen LogP contribution in [-0.4, -0.2) is 44.2 Å². The Balaban J connectivity index is 2.06. The third-order valence-electron chi connectivity index (χ3n) is 3.43. The fourth-order valence-corrected chi connectivity index (χ4v) is 2.23. The Bertz CT molecular complexity index is 451. The maximum Gasteiger partial charge on any atom is 0.253 e. The van der Waals surface area contributed by atoms with Gasteiger partial charge in [0.1, 0.15) is 0 Å². The average molecular weight is 262 g/mol. The van der Waals surface area contributed by atoms with Gasteiger partial charge in [-0.05, 0) is 37.5 Å². The van der Waals surface area contributed by atoms with Crippen molar-refractivity contribution in [2.24, 2.45) is 0 Å². The second-order valence-electron chi connectivity index (χ2n) is 5.25. The zero-order chi connectivity index (χ0) is 13.8. The highest BCUT2D eigenvalue weighted by molar-refractivity contribution is 5.95. The number of nitrogens with zero attached hydrogens (tertiary/aromatic N) is 1. The molecule has 104 valence electrons. The molecule has 1 aromatic carbocycles. The van der Waals surface area contributed by atoms with E-state index in [2.05, 4.69) is 5.32 Å². The van der Waals surface area contributed by atoms with Gasteiger partial charge >= 0.3 is 0 Å². The van der Waals surface area contributed by atoms with Gasteiger partial charge in [0.05, 0.1) is 6.10 Å². The molecular weight excluding hydrogens is 240 g/mol. The minimum atomic E-state index is 0.0279. The summed E-state index contributed by atoms with van der Waals surface area (Å²) in [6, 6.07) is 5.77. The topological polar surface area (TPSA) is 41.6 Å². The van der Waals surface area contributed by atoms with E-state index in [-0.39, 0.29) is 5.91 Å². The van der Waals surface area contributed by atoms with Crippen LogP contribution in [0.2, 0.25) is 0 Å². The fourth-order valence-electron chi connectivity index (χ4n) is 2.23. The summed E-state index contributed by atoms with van der Waals surface area (Å²) in [5, 5.41) is 3.39. The summed E-state index contributed by atoms with van der Waals surface area (Å²) in [6.07, 6.45) is 2.56. The number of nitrogens with one attached hydrogen (secondary N) is 1. The standard InChI is InChI=1S/C15H22N2O2/c1-11-6-7-12(15(18)17(2)3)9-14(11)16-10-13-5-4-8-19-13/h6-7,9,13,16H,4-5,8,10H2,1-3H3. The van der Waals surface area contributed by atoms with Crippen molar-refractivity contribution in [3.8, 4) is 0 Å². The molecule has 2 rings (SSSR count). The molecule has 0 aromatic heterocycles. The average Bonchev–Trinajstić information content (AvgIpc) is 2.90. The molecule has 0 aliphatic carbocycles. The summed E-state index contributed by atoms with van der Waals surface area (Å²) in [7, 11) is 3.53. The van der Waals surface area contributed by atoms with E-state index in [0.29, 0.717) is 11.7 Å². The van der Waals surface area contributed by atoms with Crippen molar-refractivity contribution in [1.82, 2.24) is 4.90 Å². The van der Waals surface area contributed by atoms with E-state index >= 15 is 0 Å². The quantitative estimate of drug-likeness (QED) is 0.905. The first-order chi connectivity index (χ1) is 9.08. The summed E-state index contributed by atoms with van der Waals surface area (Å²) >= 11 is 0. The number of aryl methyl sites for hydroxylation is 1. The summed E-state index contributed by atoms with van der Waals surface area (Å²) in [5.74, 6) is 0.0279. The maximum absolute atomic E-state index is 11.9. The van der Waals surface area contributed by atoms with Gasteiger partial charge in [0, 0.05) is 38.5 Å². The lowest BCUT2D eigenvalue weighted by Crippen LogP contribution is -2.22. The molecule has 19 heavy (non-hydrogen) atoms. The second-order valence-corrected chi connectivity index (χ2v) is 5.25. The molecule has 1 N–H and O–H groups in total. The van der Waals surface area contributed by atoms with Crippen LogP contribution in [-0.2, 0) is 4.74 Å². The lowest BCUT2D eigenvalue weighted by molar-refractivity contribution is 0.0827. The number of carbonyl (C=O) groups excluding carboxylic acids is 1. The summed E-state index contributed by atoms with van der Waals surface area (Å²) < 4.78 is 5.59. The lowest BCUT2D eigenvalue weighted by Gasteiger charge is -2.16. The minimum Gasteiger partial charge on any atom is -0.382 e. The van der Waals surface area contributed by atoms with Crippen molar-refractivity contribution in [3.05, 3.63) is 29.3 Å². The van der Waals surface area contributed by atoms with Crippen molar-refractivity contribution >= 4 is 11.6 Å². The third kappa shape index (κ3) is 3.47. The highest BCUT2D eigenvalue weighted by Crippen LogP contribution is 2.19. The number of benzene rings is 1. The minimum absolute atomic E-state index is 0.0279. The van der Waals surface area contributed by atoms with Gasteiger partial charge in [-0.15, -0.1) is 0 Å². The second kappa shape index (κ2) is 6.06. The molecule has 0 saturated carbocycles. The number of hydrogen-bond donors (Lipinski definition) is 1. The van der Waals surface area contributed by atoms with Crippen molar-refractivity contribution in [3.63, 3.8) is 0 Å². The Labute approximate surface area is 114 Å². The molecular formula is C15H22N2O2. The van der Waals surface area contributed by atoms with E-state index in [1.54, 1.807) is 19.0 Å². The molecule has 1 unspecified atom stereocenters. The van der Waals surface area contributed by atoms with Crippen LogP contribution in [0, 0.1) is 6.92 Å². The fraction of sp³-hybridized carbons (Fsp3) is 0.533. The van der Waals surface area contributed by atoms with E-state index in [4.69, 9.17) is 4.74 Å². The van der Waals surface area contributed by atoms with Gasteiger partial charge in [-0.25, -0.2) is 0 Å². The van der Waals surface area contributed by atoms with Gasteiger partial charge in [0.2, 0.25) is 0 Å². The molecule has 4 heteroatoms. The molecule has 1 aromatic rings. The number of carbonyl (C=O) groups is 1. The predicted molar refractivity (Wildman–Crippen MR) is 76.7 cm³/mol. The first-order valence-corrected chi connectivity index (χ1v) is 6.75. The number of hydrogen-bond acceptors (Lipinski definition) is 3. The van der Waals surface area contributed by atoms with Crippen molar-refractivity contribution in [2.75, 3.05) is 32.6 Å². The zero-order valence-electron chi connectivity index (χ0n) is 11.9. The largest absolute Gasteiger partial charge is 0.382 e. The third-order valence-corrected chi connectivity index (χ3v) is 3.43. The Morgan fingerprint density at radius 1 is 1.47 bits per heavy atom. The first kappa shape index (κ1) is 13.9. The van der Waals surface area contributed by atoms with E-state index in [1.165, 1.54) is 0 Å². The van der Waals surface area contributed by atoms with Crippen molar-refractivity contribution in [2.45, 2.75) is 25.9 Å². The van der Waals surface area contributed by atoms with Crippen molar-refractivity contribution < 1.29 is 9.53 Å². The van der Waals surface area contributed by atoms with Crippen LogP contribution in [0.3, 0.4) is 0 Å². The molecule has 0 radical (unpaired) electrons. The van der Waals surface area contributed by atoms with Crippen LogP contribution in [0.15, 0.2) is 18.2 Å². The molecule has 1 heterocycles. The monoisotopic (exact) mass is 262 g/mol. The molecule has 1 saturated heterocycles. The summed E-state index contributed by atoms with van der Waals surface area (Å²) in [6.45, 7) is 3.71. The van der Waals surface area contributed by atoms with E-state index in [0.717, 1.165) is 37.2 Å². The summed E-state index contributed by atoms with van der Waals surface area (Å²) in [5.41, 5.74) is 2.88. The number of rotatable bonds is 4. The Morgan fingerprint density at radius 3 is 2.89 bits per heavy atom. The van der Waals surface area contributed by atoms with Crippen LogP contribution >= 0.6 is 0 Å². The molecule has 1 aliphatic heterocycles. The van der Waals surface area contributed by atoms with Crippen LogP contribution in [0.1, 0.15) is 28.8 Å². The Hall–Kier alpha value is -1.55. The molecule has 0 spiro atoms. The number of amides is 1. The zero-order valence-corrected chi connectivity index (χ0v) is 11.9. The van der Waals surface area contributed by atoms with Gasteiger partial charge in [-0.2, -0.15) is 0 Å². The number of ether oxygens (including phenoxy) is 1. The SMILES string of the molecule is Cc1ccc(C(=O)N(C)C)cc1NCC1CCCO1. The molecule has 1 atom stereocenters. The molecule has 1 fully saturated rings. The van der Waals surface area contributed by atoms with Crippen LogP contribution in [0.5, 0.6) is 0 Å². The first-order valence-electron chi connectivity index (χ1n) is 6.75. The van der Waals surface area contributed by atoms with Gasteiger partial charge in [0.25, 0.3) is 5.91 Å². The lowest BCUT2D eigenvalue weighted by atomic mass is 10.1. The van der Waals surface area contributed by atoms with Gasteiger partial charge < -0.3 is 15.0 Å². The number of anilines is 1. The smallest absolute Gasteiger partial charge is 0.253 e. The van der Waals surface area contributed by atoms with Crippen molar-refractivity contribution in [1.29, 1.82) is 0 Å². The van der Waals surface area contributed by atoms with Gasteiger partial charge in [0.15, 0.2) is 0 Å². The molecule has 1 amide bonds. The van der Waals surface area contributed by atoms with Gasteiger partial charge in [-0.1, -0.05) is 6.07 Å². The van der Waals surface area contributed by atoms with Gasteiger partial charge in [-0.3, -0.25) is 4.79 Å². The van der Waals surface area contributed by atoms with Crippen LogP contribution in [0.25, 0.3) is 0 Å². The van der Waals surface area contributed by atoms with Crippen LogP contribution in [0.4, 0.5) is 5.69 Å². The summed E-state index contributed by atoms with van der Waals surface area (Å²) in [4.78, 5) is 13.5. The highest BCUT2D eigenvalue weighted by Gasteiger charge is 2.16. The van der Waals surface area contributed by atoms with Crippen LogP contribution < -0.4 is 5.32 Å².